The molecule has 2 heterocycles. The van der Waals surface area contributed by atoms with Crippen LogP contribution in [0.25, 0.3) is 17.4 Å². The normalized spacial score (nSPS) is 14.5. The summed E-state index contributed by atoms with van der Waals surface area (Å²) >= 11 is 12.3. The number of halogens is 1. The SMILES string of the molecule is O=C(O)c1cc(C(=O)O)cc(N2C(=O)/C(=C\c3ccc(-c4ccc([N+](=O)[O-])cc4Cl)o3)SC2=S)c1. The molecule has 1 fully saturated rings. The minimum absolute atomic E-state index is 0.00555. The third-order valence-corrected chi connectivity index (χ3v) is 6.41. The summed E-state index contributed by atoms with van der Waals surface area (Å²) in [4.78, 5) is 47.4. The molecule has 0 unspecified atom stereocenters. The highest BCUT2D eigenvalue weighted by atomic mass is 35.5. The number of carbonyl (C=O) groups is 3. The van der Waals surface area contributed by atoms with E-state index in [2.05, 4.69) is 0 Å². The number of hydrogen-bond donors (Lipinski definition) is 2. The molecule has 1 aliphatic rings. The molecule has 10 nitrogen and oxygen atoms in total. The van der Waals surface area contributed by atoms with Crippen LogP contribution in [0.1, 0.15) is 26.5 Å². The molecule has 13 heteroatoms. The molecule has 0 saturated carbocycles. The second-order valence-electron chi connectivity index (χ2n) is 7.02. The summed E-state index contributed by atoms with van der Waals surface area (Å²) in [6.45, 7) is 0. The van der Waals surface area contributed by atoms with E-state index in [-0.39, 0.29) is 42.5 Å². The van der Waals surface area contributed by atoms with Crippen LogP contribution < -0.4 is 4.90 Å². The van der Waals surface area contributed by atoms with E-state index in [1.165, 1.54) is 24.3 Å². The highest BCUT2D eigenvalue weighted by Gasteiger charge is 2.34. The summed E-state index contributed by atoms with van der Waals surface area (Å²) in [5.41, 5.74) is -0.378. The number of furan rings is 1. The fraction of sp³-hybridized carbons (Fsp3) is 0. The number of anilines is 1. The summed E-state index contributed by atoms with van der Waals surface area (Å²) in [7, 11) is 0. The number of hydrogen-bond acceptors (Lipinski definition) is 8. The Morgan fingerprint density at radius 1 is 1.09 bits per heavy atom. The number of thiocarbonyl (C=S) groups is 1. The summed E-state index contributed by atoms with van der Waals surface area (Å²) in [5, 5.41) is 29.6. The maximum atomic E-state index is 13.0. The zero-order valence-electron chi connectivity index (χ0n) is 17.1. The van der Waals surface area contributed by atoms with Crippen LogP contribution in [0.2, 0.25) is 5.02 Å². The Bertz CT molecular complexity index is 1450. The fourth-order valence-electron chi connectivity index (χ4n) is 3.20. The number of carboxylic acids is 2. The predicted octanol–water partition coefficient (Wildman–Crippen LogP) is 5.31. The van der Waals surface area contributed by atoms with E-state index in [1.54, 1.807) is 12.1 Å². The lowest BCUT2D eigenvalue weighted by Crippen LogP contribution is -2.28. The van der Waals surface area contributed by atoms with Crippen LogP contribution in [0.4, 0.5) is 11.4 Å². The first-order valence-corrected chi connectivity index (χ1v) is 11.1. The van der Waals surface area contributed by atoms with E-state index in [0.29, 0.717) is 11.3 Å². The highest BCUT2D eigenvalue weighted by Crippen LogP contribution is 2.38. The largest absolute Gasteiger partial charge is 0.478 e. The molecular formula is C22H11ClN2O8S2. The average Bonchev–Trinajstić information content (AvgIpc) is 3.37. The van der Waals surface area contributed by atoms with E-state index >= 15 is 0 Å². The molecule has 3 aromatic rings. The summed E-state index contributed by atoms with van der Waals surface area (Å²) in [6.07, 6.45) is 1.42. The standard InChI is InChI=1S/C22H11ClN2O8S2/c23-16-8-12(25(31)32)1-3-15(16)17-4-2-14(33-17)9-18-19(26)24(22(34)35-18)13-6-10(20(27)28)5-11(7-13)21(29)30/h1-9H,(H,27,28)(H,29,30)/b18-9+. The van der Waals surface area contributed by atoms with Crippen LogP contribution in [-0.4, -0.2) is 37.3 Å². The second kappa shape index (κ2) is 9.33. The smallest absolute Gasteiger partial charge is 0.335 e. The van der Waals surface area contributed by atoms with Gasteiger partial charge in [0.05, 0.1) is 31.7 Å². The Morgan fingerprint density at radius 2 is 1.74 bits per heavy atom. The lowest BCUT2D eigenvalue weighted by Gasteiger charge is -2.16. The fourth-order valence-corrected chi connectivity index (χ4v) is 4.75. The van der Waals surface area contributed by atoms with Gasteiger partial charge < -0.3 is 14.6 Å². The minimum atomic E-state index is -1.36. The molecule has 4 rings (SSSR count). The van der Waals surface area contributed by atoms with Crippen LogP contribution in [0.5, 0.6) is 0 Å². The molecule has 0 atom stereocenters. The Labute approximate surface area is 210 Å². The van der Waals surface area contributed by atoms with Gasteiger partial charge in [0, 0.05) is 23.8 Å². The van der Waals surface area contributed by atoms with E-state index < -0.39 is 22.8 Å². The van der Waals surface area contributed by atoms with Gasteiger partial charge in [0.15, 0.2) is 4.32 Å². The number of rotatable bonds is 6. The van der Waals surface area contributed by atoms with Gasteiger partial charge in [-0.2, -0.15) is 0 Å². The third kappa shape index (κ3) is 4.80. The Hall–Kier alpha value is -4.00. The first-order valence-electron chi connectivity index (χ1n) is 9.49. The van der Waals surface area contributed by atoms with Crippen LogP contribution in [0, 0.1) is 10.1 Å². The maximum absolute atomic E-state index is 13.0. The third-order valence-electron chi connectivity index (χ3n) is 4.79. The molecule has 2 aromatic carbocycles. The zero-order chi connectivity index (χ0) is 25.4. The molecule has 1 aromatic heterocycles. The minimum Gasteiger partial charge on any atom is -0.478 e. The molecule has 2 N–H and O–H groups in total. The highest BCUT2D eigenvalue weighted by molar-refractivity contribution is 8.27. The zero-order valence-corrected chi connectivity index (χ0v) is 19.5. The van der Waals surface area contributed by atoms with Crippen LogP contribution in [0.15, 0.2) is 57.9 Å². The lowest BCUT2D eigenvalue weighted by molar-refractivity contribution is -0.384. The number of amides is 1. The van der Waals surface area contributed by atoms with Crippen LogP contribution in [0.3, 0.4) is 0 Å². The van der Waals surface area contributed by atoms with Crippen LogP contribution in [-0.2, 0) is 4.79 Å². The van der Waals surface area contributed by atoms with Gasteiger partial charge >= 0.3 is 11.9 Å². The van der Waals surface area contributed by atoms with Gasteiger partial charge in [-0.1, -0.05) is 35.6 Å². The van der Waals surface area contributed by atoms with Crippen molar-refractivity contribution in [2.45, 2.75) is 0 Å². The number of nitro groups is 1. The number of aromatic carboxylic acids is 2. The van der Waals surface area contributed by atoms with Crippen molar-refractivity contribution in [2.24, 2.45) is 0 Å². The van der Waals surface area contributed by atoms with Gasteiger partial charge in [-0.3, -0.25) is 19.8 Å². The first-order chi connectivity index (χ1) is 16.5. The van der Waals surface area contributed by atoms with Crippen molar-refractivity contribution in [1.29, 1.82) is 0 Å². The Kier molecular flexibility index (Phi) is 6.43. The van der Waals surface area contributed by atoms with Crippen molar-refractivity contribution >= 4 is 75.2 Å². The van der Waals surface area contributed by atoms with Gasteiger partial charge in [0.1, 0.15) is 11.5 Å². The van der Waals surface area contributed by atoms with Gasteiger partial charge in [-0.25, -0.2) is 9.59 Å². The predicted molar refractivity (Wildman–Crippen MR) is 132 cm³/mol. The van der Waals surface area contributed by atoms with Gasteiger partial charge in [-0.15, -0.1) is 0 Å². The van der Waals surface area contributed by atoms with Gasteiger partial charge in [0.25, 0.3) is 11.6 Å². The van der Waals surface area contributed by atoms with E-state index in [9.17, 15) is 34.7 Å². The molecule has 0 aliphatic carbocycles. The Balaban J connectivity index is 1.65. The summed E-state index contributed by atoms with van der Waals surface area (Å²) in [5.74, 6) is -2.73. The number of non-ortho nitro benzene ring substituents is 1. The van der Waals surface area contributed by atoms with E-state index in [0.717, 1.165) is 34.9 Å². The average molecular weight is 531 g/mol. The number of carbonyl (C=O) groups excluding carboxylic acids is 1. The monoisotopic (exact) mass is 530 g/mol. The molecule has 176 valence electrons. The molecular weight excluding hydrogens is 520 g/mol. The molecule has 1 amide bonds. The maximum Gasteiger partial charge on any atom is 0.335 e. The van der Waals surface area contributed by atoms with E-state index in [1.807, 2.05) is 0 Å². The summed E-state index contributed by atoms with van der Waals surface area (Å²) in [6, 6.07) is 10.4. The lowest BCUT2D eigenvalue weighted by atomic mass is 10.1. The topological polar surface area (TPSA) is 151 Å². The van der Waals surface area contributed by atoms with Crippen molar-refractivity contribution in [3.05, 3.63) is 85.5 Å². The van der Waals surface area contributed by atoms with Gasteiger partial charge in [-0.05, 0) is 36.4 Å². The molecule has 0 spiro atoms. The number of thioether (sulfide) groups is 1. The number of nitro benzene ring substituents is 1. The van der Waals surface area contributed by atoms with Crippen molar-refractivity contribution in [3.63, 3.8) is 0 Å². The van der Waals surface area contributed by atoms with E-state index in [4.69, 9.17) is 28.2 Å². The summed E-state index contributed by atoms with van der Waals surface area (Å²) < 4.78 is 5.80. The molecule has 1 saturated heterocycles. The van der Waals surface area contributed by atoms with Crippen LogP contribution >= 0.6 is 35.6 Å². The molecule has 1 aliphatic heterocycles. The molecule has 35 heavy (non-hydrogen) atoms. The second-order valence-corrected chi connectivity index (χ2v) is 9.10. The Morgan fingerprint density at radius 3 is 2.31 bits per heavy atom. The quantitative estimate of drug-likeness (QED) is 0.185. The van der Waals surface area contributed by atoms with Gasteiger partial charge in [0.2, 0.25) is 0 Å². The van der Waals surface area contributed by atoms with Crippen molar-refractivity contribution in [1.82, 2.24) is 0 Å². The number of benzene rings is 2. The van der Waals surface area contributed by atoms with Crippen molar-refractivity contribution in [3.8, 4) is 11.3 Å². The first kappa shape index (κ1) is 24.1. The molecule has 0 radical (unpaired) electrons. The van der Waals surface area contributed by atoms with Crippen molar-refractivity contribution in [2.75, 3.05) is 4.90 Å². The molecule has 0 bridgehead atoms. The number of carboxylic acid groups (broad SMARTS) is 2. The number of nitrogens with zero attached hydrogens (tertiary/aromatic N) is 2. The van der Waals surface area contributed by atoms with Crippen molar-refractivity contribution < 1.29 is 33.9 Å².